The summed E-state index contributed by atoms with van der Waals surface area (Å²) in [5.41, 5.74) is 2.70. The number of hydrogen-bond donors (Lipinski definition) is 0. The molecule has 3 rings (SSSR count). The number of ether oxygens (including phenoxy) is 2. The molecule has 0 N–H and O–H groups in total. The van der Waals surface area contributed by atoms with Crippen molar-refractivity contribution in [3.05, 3.63) is 36.4 Å². The van der Waals surface area contributed by atoms with Gasteiger partial charge in [0.05, 0.1) is 13.2 Å². The first-order valence-corrected chi connectivity index (χ1v) is 9.63. The Labute approximate surface area is 141 Å². The van der Waals surface area contributed by atoms with E-state index < -0.39 is 0 Å². The van der Waals surface area contributed by atoms with Crippen LogP contribution in [0.4, 0.5) is 0 Å². The van der Waals surface area contributed by atoms with Crippen molar-refractivity contribution >= 4 is 19.9 Å². The van der Waals surface area contributed by atoms with Crippen LogP contribution in [0.15, 0.2) is 36.4 Å². The number of benzene rings is 2. The Morgan fingerprint density at radius 2 is 1.22 bits per heavy atom. The zero-order chi connectivity index (χ0) is 16.1. The van der Waals surface area contributed by atoms with Crippen LogP contribution in [-0.4, -0.2) is 22.7 Å². The quantitative estimate of drug-likeness (QED) is 0.465. The van der Waals surface area contributed by atoms with Crippen LogP contribution in [0.25, 0.3) is 11.1 Å². The van der Waals surface area contributed by atoms with Crippen LogP contribution >= 0.6 is 0 Å². The first-order chi connectivity index (χ1) is 11.3. The van der Waals surface area contributed by atoms with E-state index in [1.165, 1.54) is 34.3 Å². The Morgan fingerprint density at radius 3 is 1.65 bits per heavy atom. The summed E-state index contributed by atoms with van der Waals surface area (Å²) < 4.78 is 11.7. The van der Waals surface area contributed by atoms with Crippen molar-refractivity contribution in [3.63, 3.8) is 0 Å². The lowest BCUT2D eigenvalue weighted by Gasteiger charge is -2.08. The van der Waals surface area contributed by atoms with Gasteiger partial charge in [0.1, 0.15) is 21.0 Å². The van der Waals surface area contributed by atoms with Gasteiger partial charge >= 0.3 is 0 Å². The van der Waals surface area contributed by atoms with E-state index in [0.717, 1.165) is 37.6 Å². The normalized spacial score (nSPS) is 11.9. The summed E-state index contributed by atoms with van der Waals surface area (Å²) in [6.07, 6.45) is 4.55. The minimum Gasteiger partial charge on any atom is -0.494 e. The maximum atomic E-state index is 5.84. The van der Waals surface area contributed by atoms with Crippen LogP contribution in [0, 0.1) is 0 Å². The highest BCUT2D eigenvalue weighted by Gasteiger charge is 2.20. The molecule has 2 nitrogen and oxygen atoms in total. The number of rotatable bonds is 8. The third kappa shape index (κ3) is 3.78. The number of fused-ring (bicyclic) bond motifs is 3. The van der Waals surface area contributed by atoms with Gasteiger partial charge in [0.25, 0.3) is 0 Å². The molecule has 1 aliphatic heterocycles. The molecular formula is C20H24O2Si. The average Bonchev–Trinajstić information content (AvgIpc) is 2.92. The lowest BCUT2D eigenvalue weighted by molar-refractivity contribution is 0.309. The fraction of sp³-hybridized carbons (Fsp3) is 0.400. The van der Waals surface area contributed by atoms with Crippen molar-refractivity contribution in [1.29, 1.82) is 0 Å². The molecule has 2 aromatic rings. The van der Waals surface area contributed by atoms with E-state index in [9.17, 15) is 0 Å². The van der Waals surface area contributed by atoms with Crippen LogP contribution in [0.3, 0.4) is 0 Å². The summed E-state index contributed by atoms with van der Waals surface area (Å²) in [6.45, 7) is 5.98. The van der Waals surface area contributed by atoms with Gasteiger partial charge in [-0.2, -0.15) is 0 Å². The highest BCUT2D eigenvalue weighted by atomic mass is 28.2. The Balaban J connectivity index is 1.72. The molecule has 0 atom stereocenters. The van der Waals surface area contributed by atoms with Gasteiger partial charge in [-0.15, -0.1) is 0 Å². The second-order valence-corrected chi connectivity index (χ2v) is 7.27. The molecule has 0 aliphatic carbocycles. The Bertz CT molecular complexity index is 609. The summed E-state index contributed by atoms with van der Waals surface area (Å²) in [6, 6.07) is 13.0. The zero-order valence-corrected chi connectivity index (χ0v) is 15.0. The second-order valence-electron chi connectivity index (χ2n) is 5.94. The van der Waals surface area contributed by atoms with E-state index in [2.05, 4.69) is 50.2 Å². The molecule has 0 unspecified atom stereocenters. The first-order valence-electron chi connectivity index (χ1n) is 8.63. The van der Waals surface area contributed by atoms with Crippen LogP contribution in [-0.2, 0) is 0 Å². The molecule has 2 radical (unpaired) electrons. The van der Waals surface area contributed by atoms with Gasteiger partial charge in [-0.1, -0.05) is 38.8 Å². The van der Waals surface area contributed by atoms with E-state index in [1.54, 1.807) is 0 Å². The van der Waals surface area contributed by atoms with E-state index in [0.29, 0.717) is 9.52 Å². The predicted molar refractivity (Wildman–Crippen MR) is 97.7 cm³/mol. The third-order valence-corrected chi connectivity index (χ3v) is 5.44. The summed E-state index contributed by atoms with van der Waals surface area (Å²) in [4.78, 5) is 0. The highest BCUT2D eigenvalue weighted by Crippen LogP contribution is 2.25. The predicted octanol–water partition coefficient (Wildman–Crippen LogP) is 3.68. The minimum atomic E-state index is 0.694. The van der Waals surface area contributed by atoms with Gasteiger partial charge in [0.15, 0.2) is 0 Å². The van der Waals surface area contributed by atoms with Gasteiger partial charge < -0.3 is 9.47 Å². The van der Waals surface area contributed by atoms with Crippen molar-refractivity contribution in [2.75, 3.05) is 13.2 Å². The zero-order valence-electron chi connectivity index (χ0n) is 14.0. The molecule has 120 valence electrons. The number of hydrogen-bond acceptors (Lipinski definition) is 2. The van der Waals surface area contributed by atoms with Gasteiger partial charge in [0.2, 0.25) is 0 Å². The van der Waals surface area contributed by atoms with Gasteiger partial charge in [-0.3, -0.25) is 0 Å². The van der Waals surface area contributed by atoms with E-state index in [1.807, 2.05) is 0 Å². The second kappa shape index (κ2) is 7.69. The Kier molecular flexibility index (Phi) is 5.39. The Morgan fingerprint density at radius 1 is 0.739 bits per heavy atom. The smallest absolute Gasteiger partial charge is 0.123 e. The fourth-order valence-electron chi connectivity index (χ4n) is 2.72. The van der Waals surface area contributed by atoms with Crippen molar-refractivity contribution in [1.82, 2.24) is 0 Å². The lowest BCUT2D eigenvalue weighted by Crippen LogP contribution is -2.21. The molecular weight excluding hydrogens is 300 g/mol. The summed E-state index contributed by atoms with van der Waals surface area (Å²) in [5, 5.41) is 2.78. The van der Waals surface area contributed by atoms with Crippen molar-refractivity contribution in [2.45, 2.75) is 39.5 Å². The highest BCUT2D eigenvalue weighted by molar-refractivity contribution is 6.73. The maximum Gasteiger partial charge on any atom is 0.123 e. The average molecular weight is 324 g/mol. The number of unbranched alkanes of at least 4 members (excludes halogenated alkanes) is 2. The maximum absolute atomic E-state index is 5.84. The van der Waals surface area contributed by atoms with Gasteiger partial charge in [0, 0.05) is 0 Å². The van der Waals surface area contributed by atoms with Crippen LogP contribution in [0.1, 0.15) is 39.5 Å². The standard InChI is InChI=1S/C20H24O2Si/c1-3-5-11-21-15-7-9-17-18-10-8-16(22-12-6-4-2)14-20(18)23-19(17)13-15/h7-10,13-14H,3-6,11-12H2,1-2H3. The lowest BCUT2D eigenvalue weighted by atomic mass is 10.1. The Hall–Kier alpha value is -1.74. The fourth-order valence-corrected chi connectivity index (χ4v) is 4.14. The summed E-state index contributed by atoms with van der Waals surface area (Å²) in [5.74, 6) is 1.99. The van der Waals surface area contributed by atoms with Gasteiger partial charge in [-0.05, 0) is 58.6 Å². The van der Waals surface area contributed by atoms with Crippen molar-refractivity contribution < 1.29 is 9.47 Å². The molecule has 0 saturated heterocycles. The summed E-state index contributed by atoms with van der Waals surface area (Å²) >= 11 is 0. The third-order valence-electron chi connectivity index (χ3n) is 4.07. The van der Waals surface area contributed by atoms with E-state index in [4.69, 9.17) is 9.47 Å². The molecule has 0 saturated carbocycles. The molecule has 23 heavy (non-hydrogen) atoms. The minimum absolute atomic E-state index is 0.694. The molecule has 0 spiro atoms. The topological polar surface area (TPSA) is 18.5 Å². The van der Waals surface area contributed by atoms with Crippen molar-refractivity contribution in [2.24, 2.45) is 0 Å². The largest absolute Gasteiger partial charge is 0.494 e. The first kappa shape index (κ1) is 16.1. The molecule has 1 heterocycles. The SMILES string of the molecule is CCCCOc1ccc2c(c1)[Si]c1cc(OCCCC)ccc1-2. The van der Waals surface area contributed by atoms with Gasteiger partial charge in [-0.25, -0.2) is 0 Å². The molecule has 0 bridgehead atoms. The summed E-state index contributed by atoms with van der Waals surface area (Å²) in [7, 11) is 0.694. The monoisotopic (exact) mass is 324 g/mol. The van der Waals surface area contributed by atoms with Crippen LogP contribution in [0.5, 0.6) is 11.5 Å². The van der Waals surface area contributed by atoms with Crippen molar-refractivity contribution in [3.8, 4) is 22.6 Å². The molecule has 1 aliphatic rings. The van der Waals surface area contributed by atoms with Crippen LogP contribution < -0.4 is 19.8 Å². The molecule has 2 aromatic carbocycles. The van der Waals surface area contributed by atoms with E-state index in [-0.39, 0.29) is 0 Å². The van der Waals surface area contributed by atoms with E-state index >= 15 is 0 Å². The molecule has 0 fully saturated rings. The molecule has 0 amide bonds. The molecule has 3 heteroatoms. The molecule has 0 aromatic heterocycles. The van der Waals surface area contributed by atoms with Crippen LogP contribution in [0.2, 0.25) is 0 Å².